The number of nitrogens with zero attached hydrogens (tertiary/aromatic N) is 2. The highest BCUT2D eigenvalue weighted by Gasteiger charge is 2.20. The van der Waals surface area contributed by atoms with Gasteiger partial charge in [0.1, 0.15) is 0 Å². The first-order valence-electron chi connectivity index (χ1n) is 8.17. The molecule has 0 aliphatic carbocycles. The first kappa shape index (κ1) is 16.6. The molecule has 0 bridgehead atoms. The summed E-state index contributed by atoms with van der Waals surface area (Å²) in [5, 5.41) is 0.761. The van der Waals surface area contributed by atoms with Gasteiger partial charge in [0, 0.05) is 32.3 Å². The van der Waals surface area contributed by atoms with Gasteiger partial charge in [0.05, 0.1) is 10.7 Å². The number of aryl methyl sites for hydroxylation is 1. The summed E-state index contributed by atoms with van der Waals surface area (Å²) < 4.78 is 0. The van der Waals surface area contributed by atoms with Gasteiger partial charge < -0.3 is 9.80 Å². The molecule has 1 aliphatic heterocycles. The molecular weight excluding hydrogens is 320 g/mol. The van der Waals surface area contributed by atoms with Gasteiger partial charge in [-0.1, -0.05) is 48.0 Å². The summed E-state index contributed by atoms with van der Waals surface area (Å²) in [6.07, 6.45) is 3.57. The Labute approximate surface area is 148 Å². The molecule has 0 radical (unpaired) electrons. The number of piperazine rings is 1. The Morgan fingerprint density at radius 2 is 1.67 bits per heavy atom. The molecule has 1 amide bonds. The van der Waals surface area contributed by atoms with Crippen molar-refractivity contribution in [3.8, 4) is 0 Å². The van der Waals surface area contributed by atoms with Crippen LogP contribution in [-0.2, 0) is 4.79 Å². The molecule has 0 saturated carbocycles. The number of carbonyl (C=O) groups is 1. The molecule has 4 heteroatoms. The van der Waals surface area contributed by atoms with E-state index in [1.807, 2.05) is 66.4 Å². The Kier molecular flexibility index (Phi) is 5.21. The van der Waals surface area contributed by atoms with Crippen LogP contribution in [0, 0.1) is 6.92 Å². The summed E-state index contributed by atoms with van der Waals surface area (Å²) in [5.41, 5.74) is 3.30. The summed E-state index contributed by atoms with van der Waals surface area (Å²) in [4.78, 5) is 16.5. The Morgan fingerprint density at radius 3 is 2.38 bits per heavy atom. The maximum atomic E-state index is 12.4. The van der Waals surface area contributed by atoms with E-state index in [-0.39, 0.29) is 5.91 Å². The van der Waals surface area contributed by atoms with Crippen LogP contribution in [-0.4, -0.2) is 37.0 Å². The van der Waals surface area contributed by atoms with E-state index in [1.54, 1.807) is 6.08 Å². The fourth-order valence-electron chi connectivity index (χ4n) is 2.92. The van der Waals surface area contributed by atoms with Crippen LogP contribution in [0.1, 0.15) is 11.1 Å². The average molecular weight is 341 g/mol. The number of para-hydroxylation sites is 1. The summed E-state index contributed by atoms with van der Waals surface area (Å²) in [6, 6.07) is 15.9. The number of anilines is 1. The van der Waals surface area contributed by atoms with Crippen LogP contribution in [0.4, 0.5) is 5.69 Å². The Bertz CT molecular complexity index is 749. The van der Waals surface area contributed by atoms with E-state index in [4.69, 9.17) is 11.6 Å². The highest BCUT2D eigenvalue weighted by atomic mass is 35.5. The minimum atomic E-state index is 0.0667. The molecule has 0 N–H and O–H groups in total. The lowest BCUT2D eigenvalue weighted by Crippen LogP contribution is -2.48. The van der Waals surface area contributed by atoms with Crippen molar-refractivity contribution < 1.29 is 4.79 Å². The zero-order chi connectivity index (χ0) is 16.9. The summed E-state index contributed by atoms with van der Waals surface area (Å²) >= 11 is 6.26. The van der Waals surface area contributed by atoms with Crippen molar-refractivity contribution in [2.24, 2.45) is 0 Å². The molecule has 0 atom stereocenters. The van der Waals surface area contributed by atoms with E-state index in [0.717, 1.165) is 29.4 Å². The third kappa shape index (κ3) is 3.80. The van der Waals surface area contributed by atoms with Gasteiger partial charge >= 0.3 is 0 Å². The smallest absolute Gasteiger partial charge is 0.246 e. The topological polar surface area (TPSA) is 23.6 Å². The summed E-state index contributed by atoms with van der Waals surface area (Å²) in [7, 11) is 0. The van der Waals surface area contributed by atoms with Gasteiger partial charge in [0.15, 0.2) is 0 Å². The van der Waals surface area contributed by atoms with Crippen molar-refractivity contribution in [3.63, 3.8) is 0 Å². The largest absolute Gasteiger partial charge is 0.367 e. The van der Waals surface area contributed by atoms with E-state index in [2.05, 4.69) is 4.90 Å². The number of amides is 1. The van der Waals surface area contributed by atoms with Gasteiger partial charge in [-0.05, 0) is 36.3 Å². The van der Waals surface area contributed by atoms with E-state index >= 15 is 0 Å². The van der Waals surface area contributed by atoms with E-state index < -0.39 is 0 Å². The van der Waals surface area contributed by atoms with Crippen LogP contribution in [0.3, 0.4) is 0 Å². The van der Waals surface area contributed by atoms with Crippen molar-refractivity contribution in [2.45, 2.75) is 6.92 Å². The van der Waals surface area contributed by atoms with Crippen LogP contribution in [0.25, 0.3) is 6.08 Å². The van der Waals surface area contributed by atoms with Gasteiger partial charge in [-0.25, -0.2) is 0 Å². The van der Waals surface area contributed by atoms with Crippen molar-refractivity contribution in [1.29, 1.82) is 0 Å². The van der Waals surface area contributed by atoms with Gasteiger partial charge in [-0.2, -0.15) is 0 Å². The van der Waals surface area contributed by atoms with E-state index in [9.17, 15) is 4.79 Å². The zero-order valence-corrected chi connectivity index (χ0v) is 14.5. The lowest BCUT2D eigenvalue weighted by atomic mass is 10.1. The first-order valence-corrected chi connectivity index (χ1v) is 8.55. The van der Waals surface area contributed by atoms with Crippen LogP contribution in [0.2, 0.25) is 5.02 Å². The molecule has 0 aromatic heterocycles. The number of carbonyl (C=O) groups excluding carboxylic acids is 1. The van der Waals surface area contributed by atoms with Crippen LogP contribution >= 0.6 is 11.6 Å². The normalized spacial score (nSPS) is 15.1. The molecule has 2 aromatic rings. The zero-order valence-electron chi connectivity index (χ0n) is 13.8. The van der Waals surface area contributed by atoms with E-state index in [1.165, 1.54) is 5.56 Å². The lowest BCUT2D eigenvalue weighted by Gasteiger charge is -2.36. The molecule has 1 heterocycles. The second kappa shape index (κ2) is 7.54. The quantitative estimate of drug-likeness (QED) is 0.788. The van der Waals surface area contributed by atoms with Gasteiger partial charge in [0.25, 0.3) is 0 Å². The summed E-state index contributed by atoms with van der Waals surface area (Å²) in [5.74, 6) is 0.0667. The maximum absolute atomic E-state index is 12.4. The molecular formula is C20H21ClN2O. The molecule has 2 aromatic carbocycles. The minimum absolute atomic E-state index is 0.0667. The second-order valence-electron chi connectivity index (χ2n) is 5.95. The first-order chi connectivity index (χ1) is 11.6. The SMILES string of the molecule is Cc1ccccc1/C=C/C(=O)N1CCN(c2ccccc2Cl)CC1. The third-order valence-corrected chi connectivity index (χ3v) is 4.70. The number of rotatable bonds is 3. The van der Waals surface area contributed by atoms with Crippen molar-refractivity contribution in [3.05, 3.63) is 70.8 Å². The number of hydrogen-bond acceptors (Lipinski definition) is 2. The van der Waals surface area contributed by atoms with Crippen LogP contribution < -0.4 is 4.90 Å². The lowest BCUT2D eigenvalue weighted by molar-refractivity contribution is -0.126. The van der Waals surface area contributed by atoms with E-state index in [0.29, 0.717) is 13.1 Å². The van der Waals surface area contributed by atoms with Gasteiger partial charge in [0.2, 0.25) is 5.91 Å². The molecule has 0 unspecified atom stereocenters. The Balaban J connectivity index is 1.59. The predicted molar refractivity (Wildman–Crippen MR) is 100 cm³/mol. The van der Waals surface area contributed by atoms with Gasteiger partial charge in [-0.15, -0.1) is 0 Å². The molecule has 1 fully saturated rings. The van der Waals surface area contributed by atoms with Crippen LogP contribution in [0.15, 0.2) is 54.6 Å². The number of hydrogen-bond donors (Lipinski definition) is 0. The van der Waals surface area contributed by atoms with Crippen molar-refractivity contribution in [2.75, 3.05) is 31.1 Å². The molecule has 3 rings (SSSR count). The monoisotopic (exact) mass is 340 g/mol. The molecule has 3 nitrogen and oxygen atoms in total. The average Bonchev–Trinajstić information content (AvgIpc) is 2.61. The molecule has 24 heavy (non-hydrogen) atoms. The van der Waals surface area contributed by atoms with Crippen LogP contribution in [0.5, 0.6) is 0 Å². The molecule has 1 saturated heterocycles. The Hall–Kier alpha value is -2.26. The predicted octanol–water partition coefficient (Wildman–Crippen LogP) is 4.01. The third-order valence-electron chi connectivity index (χ3n) is 4.38. The standard InChI is InChI=1S/C20H21ClN2O/c1-16-6-2-3-7-17(16)10-11-20(24)23-14-12-22(13-15-23)19-9-5-4-8-18(19)21/h2-11H,12-15H2,1H3/b11-10+. The fraction of sp³-hybridized carbons (Fsp3) is 0.250. The maximum Gasteiger partial charge on any atom is 0.246 e. The summed E-state index contributed by atoms with van der Waals surface area (Å²) in [6.45, 7) is 5.07. The second-order valence-corrected chi connectivity index (χ2v) is 6.36. The Morgan fingerprint density at radius 1 is 1.00 bits per heavy atom. The molecule has 1 aliphatic rings. The number of benzene rings is 2. The molecule has 0 spiro atoms. The fourth-order valence-corrected chi connectivity index (χ4v) is 3.17. The minimum Gasteiger partial charge on any atom is -0.367 e. The van der Waals surface area contributed by atoms with Gasteiger partial charge in [-0.3, -0.25) is 4.79 Å². The highest BCUT2D eigenvalue weighted by Crippen LogP contribution is 2.26. The van der Waals surface area contributed by atoms with Crippen molar-refractivity contribution >= 4 is 29.3 Å². The number of halogens is 1. The highest BCUT2D eigenvalue weighted by molar-refractivity contribution is 6.33. The van der Waals surface area contributed by atoms with Crippen molar-refractivity contribution in [1.82, 2.24) is 4.90 Å². The molecule has 124 valence electrons.